The third-order valence-electron chi connectivity index (χ3n) is 5.40. The number of carbonyl (C=O) groups excluding carboxylic acids is 2. The molecule has 0 radical (unpaired) electrons. The summed E-state index contributed by atoms with van der Waals surface area (Å²) in [7, 11) is -3.92. The number of aliphatic hydroxyl groups is 1. The number of primary sulfonamides is 1. The minimum absolute atomic E-state index is 0.0369. The van der Waals surface area contributed by atoms with Crippen molar-refractivity contribution in [3.05, 3.63) is 102 Å². The highest BCUT2D eigenvalue weighted by Gasteiger charge is 2.44. The van der Waals surface area contributed by atoms with E-state index < -0.39 is 27.7 Å². The molecule has 0 fully saturated rings. The number of Topliss-reactive ketones (excluding diaryl/α,β-unsaturated/α-hetero) is 1. The summed E-state index contributed by atoms with van der Waals surface area (Å²) < 4.78 is 23.2. The molecule has 1 aliphatic heterocycles. The van der Waals surface area contributed by atoms with E-state index in [1.807, 2.05) is 30.3 Å². The Balaban J connectivity index is 1.71. The summed E-state index contributed by atoms with van der Waals surface area (Å²) in [4.78, 5) is 31.7. The Morgan fingerprint density at radius 2 is 1.67 bits per heavy atom. The first kappa shape index (κ1) is 22.4. The molecule has 8 nitrogen and oxygen atoms in total. The number of benzene rings is 2. The average Bonchev–Trinajstić information content (AvgIpc) is 3.09. The lowest BCUT2D eigenvalue weighted by molar-refractivity contribution is -0.118. The highest BCUT2D eigenvalue weighted by molar-refractivity contribution is 7.89. The van der Waals surface area contributed by atoms with Crippen molar-refractivity contribution < 1.29 is 23.1 Å². The van der Waals surface area contributed by atoms with Crippen LogP contribution in [-0.4, -0.2) is 30.2 Å². The first-order chi connectivity index (χ1) is 15.8. The third kappa shape index (κ3) is 4.55. The topological polar surface area (TPSA) is 131 Å². The van der Waals surface area contributed by atoms with Crippen molar-refractivity contribution in [3.8, 4) is 0 Å². The standard InChI is InChI=1S/C24H21N3O5S/c25-33(31,32)18-12-10-17(11-13-18)27-22(19-8-4-5-15-26-19)21(23(29)24(27)30)20(28)14-9-16-6-2-1-3-7-16/h1-8,10-13,15,22,29H,9,14H2,(H2,25,31,32). The van der Waals surface area contributed by atoms with Gasteiger partial charge in [0.05, 0.1) is 16.2 Å². The van der Waals surface area contributed by atoms with Crippen LogP contribution in [0.4, 0.5) is 5.69 Å². The SMILES string of the molecule is NS(=O)(=O)c1ccc(N2C(=O)C(O)=C(C(=O)CCc3ccccc3)C2c2ccccn2)cc1. The largest absolute Gasteiger partial charge is 0.503 e. The number of ketones is 1. The zero-order valence-corrected chi connectivity index (χ0v) is 18.3. The minimum atomic E-state index is -3.92. The number of carbonyl (C=O) groups is 2. The second-order valence-electron chi connectivity index (χ2n) is 7.54. The van der Waals surface area contributed by atoms with Gasteiger partial charge in [0.25, 0.3) is 5.91 Å². The van der Waals surface area contributed by atoms with E-state index in [1.54, 1.807) is 18.2 Å². The van der Waals surface area contributed by atoms with Gasteiger partial charge in [0.1, 0.15) is 6.04 Å². The van der Waals surface area contributed by atoms with Crippen molar-refractivity contribution in [1.82, 2.24) is 4.98 Å². The maximum atomic E-state index is 13.2. The molecular formula is C24H21N3O5S. The minimum Gasteiger partial charge on any atom is -0.503 e. The van der Waals surface area contributed by atoms with Crippen molar-refractivity contribution in [2.45, 2.75) is 23.8 Å². The molecular weight excluding hydrogens is 442 g/mol. The molecule has 1 atom stereocenters. The molecule has 33 heavy (non-hydrogen) atoms. The number of aromatic nitrogens is 1. The lowest BCUT2D eigenvalue weighted by Gasteiger charge is -2.26. The van der Waals surface area contributed by atoms with Gasteiger partial charge in [-0.25, -0.2) is 13.6 Å². The monoisotopic (exact) mass is 463 g/mol. The third-order valence-corrected chi connectivity index (χ3v) is 6.33. The Hall–Kier alpha value is -3.82. The number of amides is 1. The summed E-state index contributed by atoms with van der Waals surface area (Å²) in [6.07, 6.45) is 2.07. The van der Waals surface area contributed by atoms with Crippen molar-refractivity contribution in [2.75, 3.05) is 4.90 Å². The van der Waals surface area contributed by atoms with Gasteiger partial charge in [0.15, 0.2) is 11.5 Å². The number of anilines is 1. The van der Waals surface area contributed by atoms with Gasteiger partial charge in [-0.05, 0) is 48.4 Å². The lowest BCUT2D eigenvalue weighted by atomic mass is 9.95. The summed E-state index contributed by atoms with van der Waals surface area (Å²) in [5.74, 6) is -1.78. The number of aryl methyl sites for hydroxylation is 1. The maximum absolute atomic E-state index is 13.2. The van der Waals surface area contributed by atoms with Gasteiger partial charge in [-0.3, -0.25) is 19.5 Å². The molecule has 0 saturated heterocycles. The van der Waals surface area contributed by atoms with E-state index in [-0.39, 0.29) is 22.7 Å². The Labute approximate surface area is 191 Å². The van der Waals surface area contributed by atoms with Crippen LogP contribution in [0.3, 0.4) is 0 Å². The van der Waals surface area contributed by atoms with E-state index in [2.05, 4.69) is 4.98 Å². The van der Waals surface area contributed by atoms with Gasteiger partial charge in [-0.2, -0.15) is 0 Å². The summed E-state index contributed by atoms with van der Waals surface area (Å²) in [5, 5.41) is 15.9. The van der Waals surface area contributed by atoms with Crippen molar-refractivity contribution in [3.63, 3.8) is 0 Å². The highest BCUT2D eigenvalue weighted by Crippen LogP contribution is 2.40. The summed E-state index contributed by atoms with van der Waals surface area (Å²) in [6.45, 7) is 0. The van der Waals surface area contributed by atoms with Gasteiger partial charge in [-0.15, -0.1) is 0 Å². The van der Waals surface area contributed by atoms with Crippen LogP contribution in [0.25, 0.3) is 0 Å². The van der Waals surface area contributed by atoms with Gasteiger partial charge < -0.3 is 5.11 Å². The van der Waals surface area contributed by atoms with Crippen LogP contribution in [0.1, 0.15) is 23.7 Å². The fraction of sp³-hybridized carbons (Fsp3) is 0.125. The molecule has 2 aromatic carbocycles. The van der Waals surface area contributed by atoms with E-state index >= 15 is 0 Å². The first-order valence-corrected chi connectivity index (χ1v) is 11.7. The summed E-state index contributed by atoms with van der Waals surface area (Å²) in [6, 6.07) is 18.9. The summed E-state index contributed by atoms with van der Waals surface area (Å²) in [5.41, 5.74) is 1.61. The fourth-order valence-corrected chi connectivity index (χ4v) is 4.32. The Morgan fingerprint density at radius 3 is 2.27 bits per heavy atom. The van der Waals surface area contributed by atoms with Crippen LogP contribution in [0.15, 0.2) is 95.2 Å². The van der Waals surface area contributed by atoms with Gasteiger partial charge >= 0.3 is 0 Å². The molecule has 0 spiro atoms. The zero-order valence-electron chi connectivity index (χ0n) is 17.5. The van der Waals surface area contributed by atoms with Crippen molar-refractivity contribution >= 4 is 27.4 Å². The van der Waals surface area contributed by atoms with E-state index in [0.29, 0.717) is 17.8 Å². The van der Waals surface area contributed by atoms with Gasteiger partial charge in [0.2, 0.25) is 10.0 Å². The van der Waals surface area contributed by atoms with E-state index in [0.717, 1.165) is 5.56 Å². The molecule has 3 aromatic rings. The highest BCUT2D eigenvalue weighted by atomic mass is 32.2. The van der Waals surface area contributed by atoms with Gasteiger partial charge in [0, 0.05) is 18.3 Å². The normalized spacial score (nSPS) is 16.3. The molecule has 1 aromatic heterocycles. The molecule has 3 N–H and O–H groups in total. The Kier molecular flexibility index (Phi) is 6.08. The molecule has 168 valence electrons. The van der Waals surface area contributed by atoms with Gasteiger partial charge in [-0.1, -0.05) is 36.4 Å². The number of nitrogens with zero attached hydrogens (tertiary/aromatic N) is 2. The predicted molar refractivity (Wildman–Crippen MR) is 122 cm³/mol. The van der Waals surface area contributed by atoms with Crippen LogP contribution in [0, 0.1) is 0 Å². The number of aliphatic hydroxyl groups excluding tert-OH is 1. The first-order valence-electron chi connectivity index (χ1n) is 10.1. The molecule has 1 amide bonds. The fourth-order valence-electron chi connectivity index (χ4n) is 3.81. The molecule has 1 aliphatic rings. The number of nitrogens with two attached hydrogens (primary N) is 1. The van der Waals surface area contributed by atoms with E-state index in [1.165, 1.54) is 35.4 Å². The lowest BCUT2D eigenvalue weighted by Crippen LogP contribution is -2.31. The number of rotatable bonds is 7. The van der Waals surface area contributed by atoms with Crippen LogP contribution in [0.5, 0.6) is 0 Å². The average molecular weight is 464 g/mol. The van der Waals surface area contributed by atoms with E-state index in [4.69, 9.17) is 5.14 Å². The van der Waals surface area contributed by atoms with Crippen LogP contribution in [-0.2, 0) is 26.0 Å². The predicted octanol–water partition coefficient (Wildman–Crippen LogP) is 2.83. The number of pyridine rings is 1. The Morgan fingerprint density at radius 1 is 1.00 bits per heavy atom. The van der Waals surface area contributed by atoms with Crippen molar-refractivity contribution in [2.24, 2.45) is 5.14 Å². The second kappa shape index (κ2) is 8.97. The smallest absolute Gasteiger partial charge is 0.294 e. The maximum Gasteiger partial charge on any atom is 0.294 e. The van der Waals surface area contributed by atoms with Crippen LogP contribution < -0.4 is 10.0 Å². The second-order valence-corrected chi connectivity index (χ2v) is 9.10. The van der Waals surface area contributed by atoms with Crippen molar-refractivity contribution in [1.29, 1.82) is 0 Å². The molecule has 0 bridgehead atoms. The number of sulfonamides is 1. The molecule has 4 rings (SSSR count). The molecule has 0 aliphatic carbocycles. The van der Waals surface area contributed by atoms with Crippen LogP contribution >= 0.6 is 0 Å². The van der Waals surface area contributed by atoms with Crippen LogP contribution in [0.2, 0.25) is 0 Å². The quantitative estimate of drug-likeness (QED) is 0.554. The Bertz CT molecular complexity index is 1320. The van der Waals surface area contributed by atoms with E-state index in [9.17, 15) is 23.1 Å². The number of hydrogen-bond donors (Lipinski definition) is 2. The number of hydrogen-bond acceptors (Lipinski definition) is 6. The molecule has 2 heterocycles. The zero-order chi connectivity index (χ0) is 23.6. The molecule has 1 unspecified atom stereocenters. The summed E-state index contributed by atoms with van der Waals surface area (Å²) >= 11 is 0. The molecule has 0 saturated carbocycles. The molecule has 9 heteroatoms.